The van der Waals surface area contributed by atoms with Crippen LogP contribution in [0.15, 0.2) is 29.4 Å². The largest absolute Gasteiger partial charge is 0.388 e. The Balaban J connectivity index is 2.76. The van der Waals surface area contributed by atoms with Gasteiger partial charge in [-0.05, 0) is 23.2 Å². The van der Waals surface area contributed by atoms with E-state index < -0.39 is 11.9 Å². The predicted octanol–water partition coefficient (Wildman–Crippen LogP) is 2.17. The number of aliphatic hydroxyl groups is 1. The number of rotatable bonds is 3. The van der Waals surface area contributed by atoms with Crippen LogP contribution in [-0.2, 0) is 0 Å². The lowest BCUT2D eigenvalue weighted by Gasteiger charge is -2.06. The molecule has 0 radical (unpaired) electrons. The molecule has 1 N–H and O–H groups in total. The molecule has 0 fully saturated rings. The molecule has 1 atom stereocenters. The average molecular weight is 181 g/mol. The summed E-state index contributed by atoms with van der Waals surface area (Å²) in [6.45, 7) is -0.0834. The van der Waals surface area contributed by atoms with Gasteiger partial charge in [0.15, 0.2) is 0 Å². The molecule has 1 aromatic carbocycles. The molecule has 68 valence electrons. The van der Waals surface area contributed by atoms with E-state index in [9.17, 15) is 9.50 Å². The van der Waals surface area contributed by atoms with Gasteiger partial charge in [-0.3, -0.25) is 0 Å². The Hall–Kier alpha value is -1.58. The second-order valence-electron chi connectivity index (χ2n) is 2.48. The highest BCUT2D eigenvalue weighted by Gasteiger charge is 2.05. The van der Waals surface area contributed by atoms with Gasteiger partial charge in [0.25, 0.3) is 0 Å². The van der Waals surface area contributed by atoms with Gasteiger partial charge in [0, 0.05) is 4.91 Å². The predicted molar refractivity (Wildman–Crippen MR) is 45.4 cm³/mol. The highest BCUT2D eigenvalue weighted by atomic mass is 19.1. The van der Waals surface area contributed by atoms with E-state index in [4.69, 9.17) is 5.53 Å². The van der Waals surface area contributed by atoms with Crippen molar-refractivity contribution >= 4 is 0 Å². The van der Waals surface area contributed by atoms with E-state index in [1.807, 2.05) is 0 Å². The molecule has 0 saturated carbocycles. The van der Waals surface area contributed by atoms with Crippen LogP contribution in [0.25, 0.3) is 10.4 Å². The molecule has 0 heterocycles. The molecule has 0 unspecified atom stereocenters. The van der Waals surface area contributed by atoms with Gasteiger partial charge in [-0.2, -0.15) is 0 Å². The lowest BCUT2D eigenvalue weighted by atomic mass is 10.1. The maximum atomic E-state index is 12.6. The van der Waals surface area contributed by atoms with E-state index in [0.29, 0.717) is 5.56 Å². The number of halogens is 1. The summed E-state index contributed by atoms with van der Waals surface area (Å²) in [5, 5.41) is 12.5. The SMILES string of the molecule is [N-]=[N+]=NC[C@H](O)c1cccc(F)c1. The summed E-state index contributed by atoms with van der Waals surface area (Å²) in [5.74, 6) is -0.419. The van der Waals surface area contributed by atoms with Crippen LogP contribution >= 0.6 is 0 Å². The molecular weight excluding hydrogens is 173 g/mol. The fraction of sp³-hybridized carbons (Fsp3) is 0.250. The van der Waals surface area contributed by atoms with Gasteiger partial charge in [-0.1, -0.05) is 17.2 Å². The molecule has 1 aromatic rings. The van der Waals surface area contributed by atoms with Gasteiger partial charge in [-0.15, -0.1) is 0 Å². The lowest BCUT2D eigenvalue weighted by molar-refractivity contribution is 0.186. The van der Waals surface area contributed by atoms with Gasteiger partial charge in [0.1, 0.15) is 5.82 Å². The Bertz CT molecular complexity index is 336. The zero-order chi connectivity index (χ0) is 9.68. The first kappa shape index (κ1) is 9.51. The summed E-state index contributed by atoms with van der Waals surface area (Å²) in [7, 11) is 0. The Morgan fingerprint density at radius 3 is 3.00 bits per heavy atom. The Kier molecular flexibility index (Phi) is 3.25. The first-order valence-electron chi connectivity index (χ1n) is 3.68. The third kappa shape index (κ3) is 2.74. The third-order valence-corrected chi connectivity index (χ3v) is 1.55. The minimum atomic E-state index is -0.938. The van der Waals surface area contributed by atoms with E-state index >= 15 is 0 Å². The van der Waals surface area contributed by atoms with Gasteiger partial charge in [-0.25, -0.2) is 4.39 Å². The van der Waals surface area contributed by atoms with Crippen molar-refractivity contribution in [1.82, 2.24) is 0 Å². The van der Waals surface area contributed by atoms with Crippen LogP contribution in [-0.4, -0.2) is 11.7 Å². The number of azide groups is 1. The highest BCUT2D eigenvalue weighted by molar-refractivity contribution is 5.18. The molecule has 0 bridgehead atoms. The first-order chi connectivity index (χ1) is 6.24. The third-order valence-electron chi connectivity index (χ3n) is 1.55. The molecule has 0 aromatic heterocycles. The van der Waals surface area contributed by atoms with Gasteiger partial charge in [0.2, 0.25) is 0 Å². The molecule has 0 saturated heterocycles. The van der Waals surface area contributed by atoms with Crippen LogP contribution in [0.1, 0.15) is 11.7 Å². The minimum absolute atomic E-state index is 0.0834. The van der Waals surface area contributed by atoms with Crippen LogP contribution in [0.5, 0.6) is 0 Å². The summed E-state index contributed by atoms with van der Waals surface area (Å²) in [4.78, 5) is 2.49. The van der Waals surface area contributed by atoms with Crippen LogP contribution in [0.3, 0.4) is 0 Å². The van der Waals surface area contributed by atoms with Crippen molar-refractivity contribution in [2.45, 2.75) is 6.10 Å². The van der Waals surface area contributed by atoms with Crippen LogP contribution in [0.2, 0.25) is 0 Å². The number of aliphatic hydroxyl groups excluding tert-OH is 1. The van der Waals surface area contributed by atoms with Crippen molar-refractivity contribution < 1.29 is 9.50 Å². The first-order valence-corrected chi connectivity index (χ1v) is 3.68. The normalized spacial score (nSPS) is 11.8. The molecule has 0 aliphatic heterocycles. The molecule has 1 rings (SSSR count). The Morgan fingerprint density at radius 1 is 1.62 bits per heavy atom. The Labute approximate surface area is 74.3 Å². The maximum absolute atomic E-state index is 12.6. The Morgan fingerprint density at radius 2 is 2.38 bits per heavy atom. The number of benzene rings is 1. The second kappa shape index (κ2) is 4.45. The molecular formula is C8H8FN3O. The maximum Gasteiger partial charge on any atom is 0.123 e. The lowest BCUT2D eigenvalue weighted by Crippen LogP contribution is -2.00. The van der Waals surface area contributed by atoms with Crippen molar-refractivity contribution in [3.63, 3.8) is 0 Å². The van der Waals surface area contributed by atoms with E-state index in [0.717, 1.165) is 0 Å². The quantitative estimate of drug-likeness (QED) is 0.433. The van der Waals surface area contributed by atoms with E-state index in [-0.39, 0.29) is 6.54 Å². The molecule has 4 nitrogen and oxygen atoms in total. The number of hydrogen-bond donors (Lipinski definition) is 1. The van der Waals surface area contributed by atoms with Crippen LogP contribution < -0.4 is 0 Å². The number of hydrogen-bond acceptors (Lipinski definition) is 2. The zero-order valence-corrected chi connectivity index (χ0v) is 6.76. The summed E-state index contributed by atoms with van der Waals surface area (Å²) >= 11 is 0. The van der Waals surface area contributed by atoms with Crippen molar-refractivity contribution in [1.29, 1.82) is 0 Å². The molecule has 0 amide bonds. The molecule has 0 aliphatic rings. The fourth-order valence-corrected chi connectivity index (χ4v) is 0.933. The number of nitrogens with zero attached hydrogens (tertiary/aromatic N) is 3. The highest BCUT2D eigenvalue weighted by Crippen LogP contribution is 2.13. The summed E-state index contributed by atoms with van der Waals surface area (Å²) in [5.41, 5.74) is 8.40. The van der Waals surface area contributed by atoms with Crippen LogP contribution in [0, 0.1) is 5.82 Å². The monoisotopic (exact) mass is 181 g/mol. The molecule has 0 spiro atoms. The van der Waals surface area contributed by atoms with E-state index in [1.54, 1.807) is 6.07 Å². The second-order valence-corrected chi connectivity index (χ2v) is 2.48. The summed E-state index contributed by atoms with van der Waals surface area (Å²) in [6.07, 6.45) is -0.938. The molecule has 0 aliphatic carbocycles. The average Bonchev–Trinajstić information content (AvgIpc) is 2.14. The summed E-state index contributed by atoms with van der Waals surface area (Å²) < 4.78 is 12.6. The summed E-state index contributed by atoms with van der Waals surface area (Å²) in [6, 6.07) is 5.55. The van der Waals surface area contributed by atoms with Gasteiger partial charge in [0.05, 0.1) is 12.6 Å². The topological polar surface area (TPSA) is 69.0 Å². The van der Waals surface area contributed by atoms with Crippen molar-refractivity contribution in [3.05, 3.63) is 46.1 Å². The van der Waals surface area contributed by atoms with E-state index in [1.165, 1.54) is 18.2 Å². The smallest absolute Gasteiger partial charge is 0.123 e. The molecule has 13 heavy (non-hydrogen) atoms. The van der Waals surface area contributed by atoms with Crippen molar-refractivity contribution in [2.75, 3.05) is 6.54 Å². The van der Waals surface area contributed by atoms with Crippen molar-refractivity contribution in [3.8, 4) is 0 Å². The van der Waals surface area contributed by atoms with Crippen LogP contribution in [0.4, 0.5) is 4.39 Å². The van der Waals surface area contributed by atoms with Gasteiger partial charge >= 0.3 is 0 Å². The minimum Gasteiger partial charge on any atom is -0.388 e. The van der Waals surface area contributed by atoms with E-state index in [2.05, 4.69) is 10.0 Å². The fourth-order valence-electron chi connectivity index (χ4n) is 0.933. The van der Waals surface area contributed by atoms with Crippen molar-refractivity contribution in [2.24, 2.45) is 5.11 Å². The van der Waals surface area contributed by atoms with Gasteiger partial charge < -0.3 is 5.11 Å². The standard InChI is InChI=1S/C8H8FN3O/c9-7-3-1-2-6(4-7)8(13)5-11-12-10/h1-4,8,13H,5H2/t8-/m0/s1. The zero-order valence-electron chi connectivity index (χ0n) is 6.76. The molecule has 5 heteroatoms.